The molecule has 0 saturated heterocycles. The summed E-state index contributed by atoms with van der Waals surface area (Å²) in [5, 5.41) is 1.78. The Kier molecular flexibility index (Phi) is 5.12. The zero-order chi connectivity index (χ0) is 16.3. The third-order valence-electron chi connectivity index (χ3n) is 3.13. The highest BCUT2D eigenvalue weighted by Crippen LogP contribution is 2.27. The summed E-state index contributed by atoms with van der Waals surface area (Å²) in [5.74, 6) is -0.146. The van der Waals surface area contributed by atoms with Crippen LogP contribution in [-0.4, -0.2) is 20.0 Å². The molecule has 0 spiro atoms. The van der Waals surface area contributed by atoms with Crippen molar-refractivity contribution in [3.63, 3.8) is 0 Å². The van der Waals surface area contributed by atoms with Crippen LogP contribution in [-0.2, 0) is 15.6 Å². The van der Waals surface area contributed by atoms with E-state index in [2.05, 4.69) is 9.72 Å². The van der Waals surface area contributed by atoms with Crippen LogP contribution in [0.2, 0.25) is 0 Å². The number of sulfone groups is 1. The number of thiazole rings is 1. The molecule has 1 atom stereocenters. The van der Waals surface area contributed by atoms with E-state index in [0.717, 1.165) is 5.01 Å². The molecule has 0 bridgehead atoms. The summed E-state index contributed by atoms with van der Waals surface area (Å²) < 4.78 is 53.2. The maximum Gasteiger partial charge on any atom is 0.387 e. The molecule has 2 rings (SSSR count). The average Bonchev–Trinajstić information content (AvgIpc) is 2.82. The van der Waals surface area contributed by atoms with E-state index in [0.29, 0.717) is 11.3 Å². The van der Waals surface area contributed by atoms with Gasteiger partial charge < -0.3 is 4.74 Å². The minimum atomic E-state index is -3.43. The normalized spacial score (nSPS) is 13.3. The maximum atomic E-state index is 12.4. The zero-order valence-electron chi connectivity index (χ0n) is 12.0. The van der Waals surface area contributed by atoms with Crippen molar-refractivity contribution in [1.82, 2.24) is 4.98 Å². The van der Waals surface area contributed by atoms with Gasteiger partial charge in [-0.15, -0.1) is 11.3 Å². The van der Waals surface area contributed by atoms with Crippen molar-refractivity contribution in [2.45, 2.75) is 31.5 Å². The molecule has 22 heavy (non-hydrogen) atoms. The Labute approximate surface area is 131 Å². The number of benzene rings is 1. The van der Waals surface area contributed by atoms with E-state index in [9.17, 15) is 17.2 Å². The number of alkyl halides is 2. The number of rotatable bonds is 6. The van der Waals surface area contributed by atoms with Crippen LogP contribution in [0, 0.1) is 6.92 Å². The Morgan fingerprint density at radius 3 is 2.41 bits per heavy atom. The minimum Gasteiger partial charge on any atom is -0.435 e. The second-order valence-corrected chi connectivity index (χ2v) is 8.14. The second kappa shape index (κ2) is 6.70. The zero-order valence-corrected chi connectivity index (χ0v) is 13.6. The van der Waals surface area contributed by atoms with Crippen molar-refractivity contribution in [3.8, 4) is 5.75 Å². The number of halogens is 2. The SMILES string of the molecule is Cc1nc(CS(=O)(=O)C(C)c2ccc(OC(F)F)cc2)cs1. The first-order valence-corrected chi connectivity index (χ1v) is 9.05. The van der Waals surface area contributed by atoms with Crippen molar-refractivity contribution in [3.05, 3.63) is 45.9 Å². The monoisotopic (exact) mass is 347 g/mol. The summed E-state index contributed by atoms with van der Waals surface area (Å²) >= 11 is 1.40. The summed E-state index contributed by atoms with van der Waals surface area (Å²) in [7, 11) is -3.43. The van der Waals surface area contributed by atoms with E-state index in [1.165, 1.54) is 35.6 Å². The first kappa shape index (κ1) is 16.8. The van der Waals surface area contributed by atoms with Crippen LogP contribution < -0.4 is 4.74 Å². The summed E-state index contributed by atoms with van der Waals surface area (Å²) in [5.41, 5.74) is 1.04. The molecule has 0 saturated carbocycles. The molecule has 0 radical (unpaired) electrons. The lowest BCUT2D eigenvalue weighted by Crippen LogP contribution is -2.13. The third-order valence-corrected chi connectivity index (χ3v) is 6.00. The van der Waals surface area contributed by atoms with Crippen LogP contribution in [0.15, 0.2) is 29.6 Å². The molecule has 120 valence electrons. The van der Waals surface area contributed by atoms with Gasteiger partial charge in [0, 0.05) is 5.38 Å². The van der Waals surface area contributed by atoms with E-state index >= 15 is 0 Å². The fourth-order valence-corrected chi connectivity index (χ4v) is 4.03. The number of ether oxygens (including phenoxy) is 1. The number of hydrogen-bond donors (Lipinski definition) is 0. The van der Waals surface area contributed by atoms with E-state index in [4.69, 9.17) is 0 Å². The van der Waals surface area contributed by atoms with E-state index < -0.39 is 21.7 Å². The lowest BCUT2D eigenvalue weighted by atomic mass is 10.2. The van der Waals surface area contributed by atoms with E-state index in [-0.39, 0.29) is 11.5 Å². The highest BCUT2D eigenvalue weighted by molar-refractivity contribution is 7.90. The van der Waals surface area contributed by atoms with Crippen LogP contribution in [0.4, 0.5) is 8.78 Å². The van der Waals surface area contributed by atoms with Gasteiger partial charge in [-0.1, -0.05) is 12.1 Å². The van der Waals surface area contributed by atoms with Gasteiger partial charge in [0.1, 0.15) is 5.75 Å². The van der Waals surface area contributed by atoms with Crippen molar-refractivity contribution >= 4 is 21.2 Å². The number of aromatic nitrogens is 1. The first-order valence-electron chi connectivity index (χ1n) is 6.45. The molecular weight excluding hydrogens is 332 g/mol. The molecule has 1 heterocycles. The summed E-state index contributed by atoms with van der Waals surface area (Å²) in [4.78, 5) is 4.15. The van der Waals surface area contributed by atoms with Crippen LogP contribution in [0.1, 0.15) is 28.4 Å². The van der Waals surface area contributed by atoms with Crippen molar-refractivity contribution in [2.75, 3.05) is 0 Å². The Balaban J connectivity index is 2.13. The molecule has 1 unspecified atom stereocenters. The molecular formula is C14H15F2NO3S2. The predicted molar refractivity (Wildman–Crippen MR) is 81.0 cm³/mol. The van der Waals surface area contributed by atoms with Gasteiger partial charge in [0.15, 0.2) is 9.84 Å². The molecule has 1 aromatic heterocycles. The van der Waals surface area contributed by atoms with Gasteiger partial charge in [0.05, 0.1) is 21.7 Å². The molecule has 1 aromatic carbocycles. The fourth-order valence-electron chi connectivity index (χ4n) is 1.93. The molecule has 0 fully saturated rings. The predicted octanol–water partition coefficient (Wildman–Crippen LogP) is 3.73. The number of hydrogen-bond acceptors (Lipinski definition) is 5. The Morgan fingerprint density at radius 1 is 1.27 bits per heavy atom. The lowest BCUT2D eigenvalue weighted by molar-refractivity contribution is -0.0498. The Hall–Kier alpha value is -1.54. The minimum absolute atomic E-state index is 0.00141. The quantitative estimate of drug-likeness (QED) is 0.799. The number of aryl methyl sites for hydroxylation is 1. The van der Waals surface area contributed by atoms with Gasteiger partial charge in [0.25, 0.3) is 0 Å². The van der Waals surface area contributed by atoms with Gasteiger partial charge in [0.2, 0.25) is 0 Å². The lowest BCUT2D eigenvalue weighted by Gasteiger charge is -2.13. The van der Waals surface area contributed by atoms with Gasteiger partial charge in [-0.05, 0) is 31.5 Å². The highest BCUT2D eigenvalue weighted by Gasteiger charge is 2.24. The Bertz CT molecular complexity index is 727. The highest BCUT2D eigenvalue weighted by atomic mass is 32.2. The summed E-state index contributed by atoms with van der Waals surface area (Å²) in [6.07, 6.45) is 0. The largest absolute Gasteiger partial charge is 0.435 e. The van der Waals surface area contributed by atoms with Crippen molar-refractivity contribution in [2.24, 2.45) is 0 Å². The third kappa shape index (κ3) is 4.23. The first-order chi connectivity index (χ1) is 10.3. The fraction of sp³-hybridized carbons (Fsp3) is 0.357. The maximum absolute atomic E-state index is 12.4. The van der Waals surface area contributed by atoms with Crippen LogP contribution in [0.3, 0.4) is 0 Å². The molecule has 0 amide bonds. The Morgan fingerprint density at radius 2 is 1.91 bits per heavy atom. The molecule has 0 N–H and O–H groups in total. The standard InChI is InChI=1S/C14H15F2NO3S2/c1-9(11-3-5-13(6-4-11)20-14(15)16)22(18,19)8-12-7-21-10(2)17-12/h3-7,9,14H,8H2,1-2H3. The van der Waals surface area contributed by atoms with Crippen LogP contribution >= 0.6 is 11.3 Å². The smallest absolute Gasteiger partial charge is 0.387 e. The van der Waals surface area contributed by atoms with E-state index in [1.807, 2.05) is 6.92 Å². The van der Waals surface area contributed by atoms with Gasteiger partial charge in [-0.2, -0.15) is 8.78 Å². The van der Waals surface area contributed by atoms with E-state index in [1.54, 1.807) is 12.3 Å². The van der Waals surface area contributed by atoms with Crippen molar-refractivity contribution in [1.29, 1.82) is 0 Å². The molecule has 0 aliphatic rings. The number of nitrogens with zero attached hydrogens (tertiary/aromatic N) is 1. The molecule has 8 heteroatoms. The topological polar surface area (TPSA) is 56.3 Å². The average molecular weight is 347 g/mol. The van der Waals surface area contributed by atoms with Crippen LogP contribution in [0.5, 0.6) is 5.75 Å². The van der Waals surface area contributed by atoms with Gasteiger partial charge in [-0.25, -0.2) is 13.4 Å². The second-order valence-electron chi connectivity index (χ2n) is 4.75. The van der Waals surface area contributed by atoms with Crippen molar-refractivity contribution < 1.29 is 21.9 Å². The molecule has 0 aliphatic heterocycles. The van der Waals surface area contributed by atoms with Crippen LogP contribution in [0.25, 0.3) is 0 Å². The molecule has 2 aromatic rings. The van der Waals surface area contributed by atoms with Gasteiger partial charge >= 0.3 is 6.61 Å². The van der Waals surface area contributed by atoms with Gasteiger partial charge in [-0.3, -0.25) is 0 Å². The molecule has 0 aliphatic carbocycles. The summed E-state index contributed by atoms with van der Waals surface area (Å²) in [6.45, 7) is 0.476. The molecule has 4 nitrogen and oxygen atoms in total. The summed E-state index contributed by atoms with van der Waals surface area (Å²) in [6, 6.07) is 5.62.